The summed E-state index contributed by atoms with van der Waals surface area (Å²) in [5, 5.41) is 2.52. The Morgan fingerprint density at radius 1 is 0.380 bits per heavy atom. The number of benzene rings is 8. The SMILES string of the molecule is CCc1ccccc1-c1ccccc1Cc1cccc(N(c2ccc(-c3ccccc3)cc2)c2ccc(-c3cccc4ccccc34)cc2)c1. The number of rotatable bonds is 9. The first-order chi connectivity index (χ1) is 24.7. The van der Waals surface area contributed by atoms with Gasteiger partial charge < -0.3 is 4.90 Å². The molecule has 0 N–H and O–H groups in total. The highest BCUT2D eigenvalue weighted by Gasteiger charge is 2.16. The van der Waals surface area contributed by atoms with Crippen LogP contribution in [0.15, 0.2) is 194 Å². The zero-order chi connectivity index (χ0) is 33.7. The second-order valence-electron chi connectivity index (χ2n) is 12.8. The van der Waals surface area contributed by atoms with Gasteiger partial charge in [-0.05, 0) is 110 Å². The van der Waals surface area contributed by atoms with Crippen molar-refractivity contribution in [2.24, 2.45) is 0 Å². The van der Waals surface area contributed by atoms with Gasteiger partial charge in [-0.25, -0.2) is 0 Å². The first-order valence-corrected chi connectivity index (χ1v) is 17.5. The lowest BCUT2D eigenvalue weighted by Crippen LogP contribution is -2.10. The second kappa shape index (κ2) is 14.1. The molecule has 8 rings (SSSR count). The number of hydrogen-bond acceptors (Lipinski definition) is 1. The molecule has 50 heavy (non-hydrogen) atoms. The van der Waals surface area contributed by atoms with Crippen LogP contribution < -0.4 is 4.90 Å². The van der Waals surface area contributed by atoms with Crippen LogP contribution in [0.1, 0.15) is 23.6 Å². The van der Waals surface area contributed by atoms with Crippen molar-refractivity contribution in [3.05, 3.63) is 211 Å². The van der Waals surface area contributed by atoms with Crippen molar-refractivity contribution < 1.29 is 0 Å². The molecule has 0 atom stereocenters. The predicted octanol–water partition coefficient (Wildman–Crippen LogP) is 13.5. The zero-order valence-corrected chi connectivity index (χ0v) is 28.3. The fraction of sp³-hybridized carbons (Fsp3) is 0.0612. The van der Waals surface area contributed by atoms with Crippen LogP contribution in [-0.4, -0.2) is 0 Å². The Morgan fingerprint density at radius 2 is 0.920 bits per heavy atom. The van der Waals surface area contributed by atoms with Crippen LogP contribution in [0.2, 0.25) is 0 Å². The third-order valence-corrected chi connectivity index (χ3v) is 9.73. The number of fused-ring (bicyclic) bond motifs is 1. The van der Waals surface area contributed by atoms with Crippen molar-refractivity contribution in [2.75, 3.05) is 4.90 Å². The summed E-state index contributed by atoms with van der Waals surface area (Å²) >= 11 is 0. The summed E-state index contributed by atoms with van der Waals surface area (Å²) in [6.45, 7) is 2.24. The average Bonchev–Trinajstić information content (AvgIpc) is 3.19. The van der Waals surface area contributed by atoms with E-state index < -0.39 is 0 Å². The molecular formula is C49H39N. The average molecular weight is 642 g/mol. The first kappa shape index (κ1) is 31.1. The van der Waals surface area contributed by atoms with Crippen molar-refractivity contribution in [3.8, 4) is 33.4 Å². The minimum Gasteiger partial charge on any atom is -0.310 e. The molecule has 0 heterocycles. The van der Waals surface area contributed by atoms with Gasteiger partial charge in [0, 0.05) is 17.1 Å². The quantitative estimate of drug-likeness (QED) is 0.152. The Labute approximate surface area is 295 Å². The highest BCUT2D eigenvalue weighted by atomic mass is 15.1. The van der Waals surface area contributed by atoms with E-state index in [0.717, 1.165) is 29.9 Å². The van der Waals surface area contributed by atoms with E-state index in [0.29, 0.717) is 0 Å². The van der Waals surface area contributed by atoms with Gasteiger partial charge in [-0.1, -0.05) is 165 Å². The summed E-state index contributed by atoms with van der Waals surface area (Å²) in [7, 11) is 0. The highest BCUT2D eigenvalue weighted by molar-refractivity contribution is 5.97. The number of nitrogens with zero attached hydrogens (tertiary/aromatic N) is 1. The summed E-state index contributed by atoms with van der Waals surface area (Å²) in [4.78, 5) is 2.38. The second-order valence-corrected chi connectivity index (χ2v) is 12.8. The van der Waals surface area contributed by atoms with E-state index in [1.54, 1.807) is 0 Å². The molecule has 0 aliphatic heterocycles. The maximum Gasteiger partial charge on any atom is 0.0464 e. The van der Waals surface area contributed by atoms with Gasteiger partial charge in [-0.2, -0.15) is 0 Å². The molecule has 0 aromatic heterocycles. The van der Waals surface area contributed by atoms with E-state index in [2.05, 4.69) is 206 Å². The van der Waals surface area contributed by atoms with Crippen molar-refractivity contribution >= 4 is 27.8 Å². The molecule has 1 nitrogen and oxygen atoms in total. The van der Waals surface area contributed by atoms with Gasteiger partial charge >= 0.3 is 0 Å². The molecular weight excluding hydrogens is 603 g/mol. The minimum atomic E-state index is 0.850. The smallest absolute Gasteiger partial charge is 0.0464 e. The molecule has 0 spiro atoms. The van der Waals surface area contributed by atoms with Gasteiger partial charge in [0.05, 0.1) is 0 Å². The Balaban J connectivity index is 1.18. The van der Waals surface area contributed by atoms with E-state index >= 15 is 0 Å². The Bertz CT molecular complexity index is 2360. The molecule has 8 aromatic rings. The summed E-state index contributed by atoms with van der Waals surface area (Å²) < 4.78 is 0. The summed E-state index contributed by atoms with van der Waals surface area (Å²) in [6, 6.07) is 70.4. The van der Waals surface area contributed by atoms with Crippen molar-refractivity contribution in [2.45, 2.75) is 19.8 Å². The van der Waals surface area contributed by atoms with Gasteiger partial charge in [0.1, 0.15) is 0 Å². The number of hydrogen-bond donors (Lipinski definition) is 0. The van der Waals surface area contributed by atoms with Gasteiger partial charge in [-0.3, -0.25) is 0 Å². The molecule has 0 fully saturated rings. The van der Waals surface area contributed by atoms with Crippen LogP contribution >= 0.6 is 0 Å². The van der Waals surface area contributed by atoms with Crippen LogP contribution in [0.3, 0.4) is 0 Å². The molecule has 0 radical (unpaired) electrons. The van der Waals surface area contributed by atoms with Crippen LogP contribution in [0.5, 0.6) is 0 Å². The fourth-order valence-corrected chi connectivity index (χ4v) is 7.20. The predicted molar refractivity (Wildman–Crippen MR) is 214 cm³/mol. The number of anilines is 3. The molecule has 8 aromatic carbocycles. The van der Waals surface area contributed by atoms with Crippen molar-refractivity contribution in [1.82, 2.24) is 0 Å². The molecule has 1 heteroatoms. The van der Waals surface area contributed by atoms with Gasteiger partial charge in [-0.15, -0.1) is 0 Å². The molecule has 0 saturated carbocycles. The zero-order valence-electron chi connectivity index (χ0n) is 28.3. The monoisotopic (exact) mass is 641 g/mol. The molecule has 0 aliphatic carbocycles. The van der Waals surface area contributed by atoms with E-state index in [4.69, 9.17) is 0 Å². The molecule has 0 amide bonds. The molecule has 0 unspecified atom stereocenters. The van der Waals surface area contributed by atoms with E-state index in [-0.39, 0.29) is 0 Å². The highest BCUT2D eigenvalue weighted by Crippen LogP contribution is 2.38. The summed E-state index contributed by atoms with van der Waals surface area (Å²) in [6.07, 6.45) is 1.86. The standard InChI is InChI=1S/C49H39N/c1-2-37-15-6-9-22-46(37)49-24-11-8-19-42(49)34-36-14-12-21-45(35-36)50(43-30-26-39(27-31-43)38-16-4-3-5-17-38)44-32-28-41(29-33-44)48-25-13-20-40-18-7-10-23-47(40)48/h3-33,35H,2,34H2,1H3. The van der Waals surface area contributed by atoms with Crippen LogP contribution in [-0.2, 0) is 12.8 Å². The van der Waals surface area contributed by atoms with E-state index in [1.807, 2.05) is 0 Å². The van der Waals surface area contributed by atoms with E-state index in [9.17, 15) is 0 Å². The lowest BCUT2D eigenvalue weighted by molar-refractivity contribution is 1.13. The van der Waals surface area contributed by atoms with Gasteiger partial charge in [0.15, 0.2) is 0 Å². The maximum atomic E-state index is 2.38. The molecule has 0 saturated heterocycles. The van der Waals surface area contributed by atoms with Crippen molar-refractivity contribution in [1.29, 1.82) is 0 Å². The topological polar surface area (TPSA) is 3.24 Å². The van der Waals surface area contributed by atoms with Gasteiger partial charge in [0.2, 0.25) is 0 Å². The Hall–Kier alpha value is -6.18. The molecule has 240 valence electrons. The third kappa shape index (κ3) is 6.34. The summed E-state index contributed by atoms with van der Waals surface area (Å²) in [5.74, 6) is 0. The summed E-state index contributed by atoms with van der Waals surface area (Å²) in [5.41, 5.74) is 14.9. The third-order valence-electron chi connectivity index (χ3n) is 9.73. The Morgan fingerprint density at radius 3 is 1.66 bits per heavy atom. The largest absolute Gasteiger partial charge is 0.310 e. The van der Waals surface area contributed by atoms with Crippen molar-refractivity contribution in [3.63, 3.8) is 0 Å². The molecule has 0 aliphatic rings. The first-order valence-electron chi connectivity index (χ1n) is 17.5. The molecule has 0 bridgehead atoms. The fourth-order valence-electron chi connectivity index (χ4n) is 7.20. The Kier molecular flexibility index (Phi) is 8.79. The van der Waals surface area contributed by atoms with Crippen LogP contribution in [0.25, 0.3) is 44.2 Å². The minimum absolute atomic E-state index is 0.850. The van der Waals surface area contributed by atoms with Crippen LogP contribution in [0, 0.1) is 0 Å². The van der Waals surface area contributed by atoms with E-state index in [1.165, 1.54) is 60.8 Å². The normalized spacial score (nSPS) is 11.1. The lowest BCUT2D eigenvalue weighted by atomic mass is 9.91. The maximum absolute atomic E-state index is 2.38. The lowest BCUT2D eigenvalue weighted by Gasteiger charge is -2.26. The van der Waals surface area contributed by atoms with Gasteiger partial charge in [0.25, 0.3) is 0 Å². The number of aryl methyl sites for hydroxylation is 1. The van der Waals surface area contributed by atoms with Crippen LogP contribution in [0.4, 0.5) is 17.1 Å².